The van der Waals surface area contributed by atoms with E-state index in [-0.39, 0.29) is 16.5 Å². The van der Waals surface area contributed by atoms with E-state index in [1.807, 2.05) is 6.92 Å². The number of piperidine rings is 1. The van der Waals surface area contributed by atoms with Crippen LogP contribution >= 0.6 is 0 Å². The lowest BCUT2D eigenvalue weighted by molar-refractivity contribution is 0.1000. The van der Waals surface area contributed by atoms with Gasteiger partial charge in [-0.2, -0.15) is 4.31 Å². The van der Waals surface area contributed by atoms with Crippen LogP contribution in [0.3, 0.4) is 0 Å². The Labute approximate surface area is 125 Å². The van der Waals surface area contributed by atoms with Gasteiger partial charge in [-0.1, -0.05) is 6.07 Å². The molecule has 0 aliphatic carbocycles. The molecule has 7 heteroatoms. The predicted octanol–water partition coefficient (Wildman–Crippen LogP) is 0.533. The first-order chi connectivity index (χ1) is 9.82. The third-order valence-electron chi connectivity index (χ3n) is 4.00. The van der Waals surface area contributed by atoms with Crippen LogP contribution in [0.25, 0.3) is 0 Å². The number of carbonyl (C=O) groups excluding carboxylic acids is 1. The van der Waals surface area contributed by atoms with Gasteiger partial charge in [0.2, 0.25) is 15.9 Å². The lowest BCUT2D eigenvalue weighted by atomic mass is 9.92. The zero-order chi connectivity index (χ0) is 15.6. The van der Waals surface area contributed by atoms with Gasteiger partial charge in [-0.05, 0) is 43.9 Å². The molecule has 116 valence electrons. The molecule has 1 aromatic rings. The standard InChI is InChI=1S/C14H21N3O3S/c1-10(15)11-5-7-17(8-6-11)21(19,20)13-4-2-3-12(9-13)14(16)18/h2-4,9-11H,5-8,15H2,1H3,(H2,16,18). The maximum atomic E-state index is 12.6. The highest BCUT2D eigenvalue weighted by Crippen LogP contribution is 2.25. The highest BCUT2D eigenvalue weighted by molar-refractivity contribution is 7.89. The zero-order valence-electron chi connectivity index (χ0n) is 12.0. The van der Waals surface area contributed by atoms with E-state index < -0.39 is 15.9 Å². The van der Waals surface area contributed by atoms with Gasteiger partial charge in [-0.15, -0.1) is 0 Å². The number of sulfonamides is 1. The molecule has 1 aliphatic heterocycles. The van der Waals surface area contributed by atoms with Crippen LogP contribution in [0.5, 0.6) is 0 Å². The monoisotopic (exact) mass is 311 g/mol. The van der Waals surface area contributed by atoms with Crippen molar-refractivity contribution >= 4 is 15.9 Å². The molecule has 1 atom stereocenters. The van der Waals surface area contributed by atoms with Crippen molar-refractivity contribution in [3.05, 3.63) is 29.8 Å². The van der Waals surface area contributed by atoms with Crippen LogP contribution in [0.1, 0.15) is 30.1 Å². The Bertz CT molecular complexity index is 620. The topological polar surface area (TPSA) is 106 Å². The summed E-state index contributed by atoms with van der Waals surface area (Å²) < 4.78 is 26.6. The molecule has 21 heavy (non-hydrogen) atoms. The van der Waals surface area contributed by atoms with Crippen LogP contribution in [0, 0.1) is 5.92 Å². The maximum Gasteiger partial charge on any atom is 0.248 e. The minimum Gasteiger partial charge on any atom is -0.366 e. The van der Waals surface area contributed by atoms with Crippen molar-refractivity contribution in [2.45, 2.75) is 30.7 Å². The second-order valence-corrected chi connectivity index (χ2v) is 7.43. The average molecular weight is 311 g/mol. The van der Waals surface area contributed by atoms with E-state index >= 15 is 0 Å². The second kappa shape index (κ2) is 6.13. The lowest BCUT2D eigenvalue weighted by Gasteiger charge is -2.32. The van der Waals surface area contributed by atoms with Gasteiger partial charge < -0.3 is 11.5 Å². The van der Waals surface area contributed by atoms with Gasteiger partial charge >= 0.3 is 0 Å². The molecular formula is C14H21N3O3S. The summed E-state index contributed by atoms with van der Waals surface area (Å²) in [6.07, 6.45) is 1.51. The van der Waals surface area contributed by atoms with Gasteiger partial charge in [0, 0.05) is 24.7 Å². The predicted molar refractivity (Wildman–Crippen MR) is 80.1 cm³/mol. The number of benzene rings is 1. The Morgan fingerprint density at radius 2 is 1.95 bits per heavy atom. The zero-order valence-corrected chi connectivity index (χ0v) is 12.8. The summed E-state index contributed by atoms with van der Waals surface area (Å²) in [7, 11) is -3.58. The van der Waals surface area contributed by atoms with Crippen LogP contribution < -0.4 is 11.5 Å². The van der Waals surface area contributed by atoms with Gasteiger partial charge in [0.25, 0.3) is 0 Å². The Hall–Kier alpha value is -1.44. The van der Waals surface area contributed by atoms with Gasteiger partial charge in [0.15, 0.2) is 0 Å². The second-order valence-electron chi connectivity index (χ2n) is 5.49. The number of amides is 1. The summed E-state index contributed by atoms with van der Waals surface area (Å²) >= 11 is 0. The van der Waals surface area contributed by atoms with Crippen LogP contribution in [-0.2, 0) is 10.0 Å². The van der Waals surface area contributed by atoms with Crippen molar-refractivity contribution < 1.29 is 13.2 Å². The number of primary amides is 1. The van der Waals surface area contributed by atoms with Gasteiger partial charge in [-0.3, -0.25) is 4.79 Å². The SMILES string of the molecule is CC(N)C1CCN(S(=O)(=O)c2cccc(C(N)=O)c2)CC1. The highest BCUT2D eigenvalue weighted by Gasteiger charge is 2.30. The largest absolute Gasteiger partial charge is 0.366 e. The van der Waals surface area contributed by atoms with Gasteiger partial charge in [0.05, 0.1) is 4.90 Å². The minimum atomic E-state index is -3.58. The van der Waals surface area contributed by atoms with Crippen molar-refractivity contribution in [3.63, 3.8) is 0 Å². The molecule has 1 saturated heterocycles. The minimum absolute atomic E-state index is 0.0769. The lowest BCUT2D eigenvalue weighted by Crippen LogP contribution is -2.42. The molecule has 1 heterocycles. The molecule has 1 unspecified atom stereocenters. The Morgan fingerprint density at radius 1 is 1.33 bits per heavy atom. The van der Waals surface area contributed by atoms with E-state index in [1.165, 1.54) is 28.6 Å². The first kappa shape index (κ1) is 15.9. The van der Waals surface area contributed by atoms with E-state index in [0.29, 0.717) is 19.0 Å². The molecule has 4 N–H and O–H groups in total. The van der Waals surface area contributed by atoms with Crippen molar-refractivity contribution in [2.75, 3.05) is 13.1 Å². The number of nitrogens with zero attached hydrogens (tertiary/aromatic N) is 1. The maximum absolute atomic E-state index is 12.6. The molecule has 1 aliphatic rings. The normalized spacial score (nSPS) is 19.3. The molecule has 0 spiro atoms. The van der Waals surface area contributed by atoms with E-state index in [0.717, 1.165) is 12.8 Å². The summed E-state index contributed by atoms with van der Waals surface area (Å²) in [5, 5.41) is 0. The van der Waals surface area contributed by atoms with Crippen molar-refractivity contribution in [3.8, 4) is 0 Å². The van der Waals surface area contributed by atoms with E-state index in [9.17, 15) is 13.2 Å². The number of hydrogen-bond acceptors (Lipinski definition) is 4. The first-order valence-electron chi connectivity index (χ1n) is 6.98. The summed E-state index contributed by atoms with van der Waals surface area (Å²) in [6.45, 7) is 2.86. The third-order valence-corrected chi connectivity index (χ3v) is 5.89. The molecule has 1 amide bonds. The molecule has 6 nitrogen and oxygen atoms in total. The van der Waals surface area contributed by atoms with Crippen LogP contribution in [0.15, 0.2) is 29.2 Å². The number of rotatable bonds is 4. The molecule has 1 aromatic carbocycles. The first-order valence-corrected chi connectivity index (χ1v) is 8.42. The summed E-state index contributed by atoms with van der Waals surface area (Å²) in [6, 6.07) is 5.92. The van der Waals surface area contributed by atoms with Crippen LogP contribution in [0.2, 0.25) is 0 Å². The van der Waals surface area contributed by atoms with Crippen LogP contribution in [-0.4, -0.2) is 37.8 Å². The Morgan fingerprint density at radius 3 is 2.48 bits per heavy atom. The molecule has 0 radical (unpaired) electrons. The summed E-state index contributed by atoms with van der Waals surface area (Å²) in [4.78, 5) is 11.3. The van der Waals surface area contributed by atoms with Gasteiger partial charge in [0.1, 0.15) is 0 Å². The summed E-state index contributed by atoms with van der Waals surface area (Å²) in [5.74, 6) is -0.281. The molecule has 0 aromatic heterocycles. The van der Waals surface area contributed by atoms with Gasteiger partial charge in [-0.25, -0.2) is 8.42 Å². The quantitative estimate of drug-likeness (QED) is 0.846. The smallest absolute Gasteiger partial charge is 0.248 e. The highest BCUT2D eigenvalue weighted by atomic mass is 32.2. The fraction of sp³-hybridized carbons (Fsp3) is 0.500. The number of carbonyl (C=O) groups is 1. The number of nitrogens with two attached hydrogens (primary N) is 2. The van der Waals surface area contributed by atoms with E-state index in [2.05, 4.69) is 0 Å². The fourth-order valence-corrected chi connectivity index (χ4v) is 4.12. The van der Waals surface area contributed by atoms with Crippen LogP contribution in [0.4, 0.5) is 0 Å². The number of hydrogen-bond donors (Lipinski definition) is 2. The van der Waals surface area contributed by atoms with Crippen molar-refractivity contribution in [1.82, 2.24) is 4.31 Å². The Kier molecular flexibility index (Phi) is 4.65. The van der Waals surface area contributed by atoms with E-state index in [1.54, 1.807) is 0 Å². The Balaban J connectivity index is 2.19. The molecule has 0 saturated carbocycles. The van der Waals surface area contributed by atoms with Crippen molar-refractivity contribution in [2.24, 2.45) is 17.4 Å². The average Bonchev–Trinajstić information content (AvgIpc) is 2.47. The fourth-order valence-electron chi connectivity index (χ4n) is 2.60. The van der Waals surface area contributed by atoms with E-state index in [4.69, 9.17) is 11.5 Å². The molecular weight excluding hydrogens is 290 g/mol. The molecule has 0 bridgehead atoms. The third kappa shape index (κ3) is 3.42. The molecule has 1 fully saturated rings. The molecule has 2 rings (SSSR count). The summed E-state index contributed by atoms with van der Waals surface area (Å²) in [5.41, 5.74) is 11.3. The van der Waals surface area contributed by atoms with Crippen molar-refractivity contribution in [1.29, 1.82) is 0 Å².